The van der Waals surface area contributed by atoms with E-state index in [-0.39, 0.29) is 0 Å². The zero-order valence-electron chi connectivity index (χ0n) is 18.4. The highest BCUT2D eigenvalue weighted by atomic mass is 16.5. The first-order valence-electron chi connectivity index (χ1n) is 11.3. The third-order valence-electron chi connectivity index (χ3n) is 5.69. The van der Waals surface area contributed by atoms with Crippen LogP contribution in [-0.4, -0.2) is 10.2 Å². The Morgan fingerprint density at radius 1 is 0.606 bits per heavy atom. The minimum absolute atomic E-state index is 0.312. The van der Waals surface area contributed by atoms with Crippen molar-refractivity contribution >= 4 is 0 Å². The maximum Gasteiger partial charge on any atom is 0.276 e. The zero-order chi connectivity index (χ0) is 22.3. The highest BCUT2D eigenvalue weighted by Crippen LogP contribution is 2.28. The van der Waals surface area contributed by atoms with Crippen molar-refractivity contribution in [3.8, 4) is 17.4 Å². The van der Waals surface area contributed by atoms with Gasteiger partial charge in [0.2, 0.25) is 0 Å². The molecule has 1 aliphatic rings. The largest absolute Gasteiger partial charge is 0.487 e. The van der Waals surface area contributed by atoms with Crippen LogP contribution in [0, 0.1) is 0 Å². The van der Waals surface area contributed by atoms with Crippen molar-refractivity contribution in [3.05, 3.63) is 113 Å². The molecule has 0 amide bonds. The van der Waals surface area contributed by atoms with E-state index in [2.05, 4.69) is 22.3 Å². The number of ether oxygens (including phenoxy) is 3. The fourth-order valence-electron chi connectivity index (χ4n) is 3.93. The second kappa shape index (κ2) is 10.2. The molecule has 0 atom stereocenters. The maximum atomic E-state index is 6.08. The van der Waals surface area contributed by atoms with Crippen molar-refractivity contribution in [2.24, 2.45) is 0 Å². The van der Waals surface area contributed by atoms with E-state index in [9.17, 15) is 0 Å². The summed E-state index contributed by atoms with van der Waals surface area (Å²) in [5.74, 6) is 1.78. The fourth-order valence-corrected chi connectivity index (χ4v) is 3.93. The van der Waals surface area contributed by atoms with Gasteiger partial charge in [-0.05, 0) is 53.6 Å². The number of fused-ring (bicyclic) bond motifs is 1. The molecule has 5 heteroatoms. The van der Waals surface area contributed by atoms with Crippen molar-refractivity contribution in [2.75, 3.05) is 0 Å². The molecule has 0 fully saturated rings. The van der Waals surface area contributed by atoms with Crippen molar-refractivity contribution in [1.29, 1.82) is 0 Å². The van der Waals surface area contributed by atoms with Gasteiger partial charge in [-0.1, -0.05) is 66.7 Å². The molecule has 5 rings (SSSR count). The summed E-state index contributed by atoms with van der Waals surface area (Å²) in [5, 5.41) is 8.61. The summed E-state index contributed by atoms with van der Waals surface area (Å²) in [6.45, 7) is 1.12. The molecular formula is C28H26N2O3. The lowest BCUT2D eigenvalue weighted by Crippen LogP contribution is -2.06. The Balaban J connectivity index is 1.30. The van der Waals surface area contributed by atoms with Crippen molar-refractivity contribution in [3.63, 3.8) is 0 Å². The summed E-state index contributed by atoms with van der Waals surface area (Å²) in [7, 11) is 0. The molecule has 0 spiro atoms. The topological polar surface area (TPSA) is 53.5 Å². The number of hydrogen-bond donors (Lipinski definition) is 0. The lowest BCUT2D eigenvalue weighted by Gasteiger charge is -2.13. The van der Waals surface area contributed by atoms with Crippen LogP contribution in [0.4, 0.5) is 0 Å². The van der Waals surface area contributed by atoms with Gasteiger partial charge in [0.05, 0.1) is 0 Å². The van der Waals surface area contributed by atoms with Gasteiger partial charge in [-0.2, -0.15) is 0 Å². The van der Waals surface area contributed by atoms with Crippen LogP contribution in [0.25, 0.3) is 0 Å². The smallest absolute Gasteiger partial charge is 0.276 e. The van der Waals surface area contributed by atoms with Gasteiger partial charge < -0.3 is 14.2 Å². The molecule has 4 aromatic rings. The molecule has 0 bridgehead atoms. The van der Waals surface area contributed by atoms with Gasteiger partial charge >= 0.3 is 0 Å². The molecule has 166 valence electrons. The van der Waals surface area contributed by atoms with Gasteiger partial charge in [-0.3, -0.25) is 0 Å². The first kappa shape index (κ1) is 21.0. The van der Waals surface area contributed by atoms with Gasteiger partial charge in [0.25, 0.3) is 5.88 Å². The normalized spacial score (nSPS) is 12.2. The summed E-state index contributed by atoms with van der Waals surface area (Å²) in [4.78, 5) is 0. The molecule has 3 aromatic carbocycles. The van der Waals surface area contributed by atoms with Crippen LogP contribution in [0.1, 0.15) is 34.4 Å². The van der Waals surface area contributed by atoms with Crippen LogP contribution < -0.4 is 14.2 Å². The van der Waals surface area contributed by atoms with E-state index in [1.54, 1.807) is 0 Å². The first-order valence-corrected chi connectivity index (χ1v) is 11.3. The van der Waals surface area contributed by atoms with E-state index in [0.717, 1.165) is 29.7 Å². The SMILES string of the molecule is c1ccc(COc2cc(COc3ccc4c(c3)CCC4)nnc2OCc2ccccc2)cc1. The molecule has 1 aromatic heterocycles. The van der Waals surface area contributed by atoms with Gasteiger partial charge in [0, 0.05) is 6.07 Å². The predicted octanol–water partition coefficient (Wildman–Crippen LogP) is 5.70. The Morgan fingerprint density at radius 2 is 1.30 bits per heavy atom. The molecule has 5 nitrogen and oxygen atoms in total. The fraction of sp³-hybridized carbons (Fsp3) is 0.214. The van der Waals surface area contributed by atoms with Crippen molar-refractivity contribution in [2.45, 2.75) is 39.1 Å². The summed E-state index contributed by atoms with van der Waals surface area (Å²) < 4.78 is 18.0. The number of rotatable bonds is 9. The standard InChI is InChI=1S/C28H26N2O3/c1-3-8-21(9-4-1)18-32-27-17-25(20-31-26-15-14-23-12-7-13-24(23)16-26)29-30-28(27)33-19-22-10-5-2-6-11-22/h1-6,8-11,14-17H,7,12-13,18-20H2. The summed E-state index contributed by atoms with van der Waals surface area (Å²) in [6, 6.07) is 28.2. The summed E-state index contributed by atoms with van der Waals surface area (Å²) in [5.41, 5.74) is 5.62. The lowest BCUT2D eigenvalue weighted by atomic mass is 10.1. The summed E-state index contributed by atoms with van der Waals surface area (Å²) >= 11 is 0. The summed E-state index contributed by atoms with van der Waals surface area (Å²) in [6.07, 6.45) is 3.50. The Labute approximate surface area is 194 Å². The van der Waals surface area contributed by atoms with E-state index in [1.165, 1.54) is 17.5 Å². The molecule has 0 radical (unpaired) electrons. The van der Waals surface area contributed by atoms with Crippen LogP contribution in [0.15, 0.2) is 84.9 Å². The molecule has 0 saturated heterocycles. The average Bonchev–Trinajstić information content (AvgIpc) is 3.35. The molecule has 0 N–H and O–H groups in total. The molecule has 1 aliphatic carbocycles. The zero-order valence-corrected chi connectivity index (χ0v) is 18.4. The van der Waals surface area contributed by atoms with E-state index in [4.69, 9.17) is 14.2 Å². The first-order chi connectivity index (χ1) is 16.3. The molecule has 0 unspecified atom stereocenters. The second-order valence-electron chi connectivity index (χ2n) is 8.13. The van der Waals surface area contributed by atoms with E-state index < -0.39 is 0 Å². The van der Waals surface area contributed by atoms with Gasteiger partial charge in [-0.15, -0.1) is 10.2 Å². The Kier molecular flexibility index (Phi) is 6.48. The Bertz CT molecular complexity index is 1200. The van der Waals surface area contributed by atoms with Crippen LogP contribution in [0.2, 0.25) is 0 Å². The lowest BCUT2D eigenvalue weighted by molar-refractivity contribution is 0.240. The van der Waals surface area contributed by atoms with Crippen LogP contribution in [0.3, 0.4) is 0 Å². The van der Waals surface area contributed by atoms with E-state index in [1.807, 2.05) is 72.8 Å². The number of benzene rings is 3. The Morgan fingerprint density at radius 3 is 2.06 bits per heavy atom. The maximum absolute atomic E-state index is 6.08. The van der Waals surface area contributed by atoms with Crippen molar-refractivity contribution in [1.82, 2.24) is 10.2 Å². The van der Waals surface area contributed by atoms with E-state index in [0.29, 0.717) is 37.1 Å². The predicted molar refractivity (Wildman–Crippen MR) is 126 cm³/mol. The van der Waals surface area contributed by atoms with Gasteiger partial charge in [0.1, 0.15) is 31.3 Å². The molecule has 0 aliphatic heterocycles. The van der Waals surface area contributed by atoms with Crippen molar-refractivity contribution < 1.29 is 14.2 Å². The highest BCUT2D eigenvalue weighted by Gasteiger charge is 2.14. The van der Waals surface area contributed by atoms with Gasteiger partial charge in [-0.25, -0.2) is 0 Å². The number of hydrogen-bond acceptors (Lipinski definition) is 5. The molecule has 33 heavy (non-hydrogen) atoms. The third-order valence-corrected chi connectivity index (χ3v) is 5.69. The minimum atomic E-state index is 0.312. The number of aromatic nitrogens is 2. The van der Waals surface area contributed by atoms with Crippen LogP contribution in [0.5, 0.6) is 17.4 Å². The third kappa shape index (κ3) is 5.50. The molecular weight excluding hydrogens is 412 g/mol. The van der Waals surface area contributed by atoms with Crippen LogP contribution >= 0.6 is 0 Å². The van der Waals surface area contributed by atoms with E-state index >= 15 is 0 Å². The monoisotopic (exact) mass is 438 g/mol. The highest BCUT2D eigenvalue weighted by molar-refractivity contribution is 5.39. The second-order valence-corrected chi connectivity index (χ2v) is 8.13. The average molecular weight is 439 g/mol. The number of aryl methyl sites for hydroxylation is 2. The quantitative estimate of drug-likeness (QED) is 0.335. The van der Waals surface area contributed by atoms with Gasteiger partial charge in [0.15, 0.2) is 5.75 Å². The minimum Gasteiger partial charge on any atom is -0.487 e. The van der Waals surface area contributed by atoms with Crippen LogP contribution in [-0.2, 0) is 32.7 Å². The molecule has 1 heterocycles. The number of nitrogens with zero attached hydrogens (tertiary/aromatic N) is 2. The Hall–Kier alpha value is -3.86. The molecule has 0 saturated carbocycles.